The van der Waals surface area contributed by atoms with E-state index < -0.39 is 5.82 Å². The molecule has 0 saturated heterocycles. The van der Waals surface area contributed by atoms with E-state index in [9.17, 15) is 4.39 Å². The normalized spacial score (nSPS) is 10.2. The Hall–Kier alpha value is -1.54. The van der Waals surface area contributed by atoms with Gasteiger partial charge in [-0.25, -0.2) is 4.39 Å². The van der Waals surface area contributed by atoms with E-state index >= 15 is 0 Å². The number of hydrogen-bond donors (Lipinski definition) is 0. The number of benzene rings is 2. The molecule has 0 bridgehead atoms. The molecule has 2 aromatic rings. The molecule has 0 heterocycles. The Morgan fingerprint density at radius 3 is 2.44 bits per heavy atom. The summed E-state index contributed by atoms with van der Waals surface area (Å²) in [5, 5.41) is 0.610. The molecule has 0 aliphatic rings. The van der Waals surface area contributed by atoms with Gasteiger partial charge in [-0.2, -0.15) is 0 Å². The molecule has 1 radical (unpaired) electrons. The minimum Gasteiger partial charge on any atom is -0.454 e. The minimum atomic E-state index is -0.414. The van der Waals surface area contributed by atoms with E-state index in [4.69, 9.17) is 16.3 Å². The third kappa shape index (κ3) is 2.52. The van der Waals surface area contributed by atoms with Crippen molar-refractivity contribution in [2.45, 2.75) is 0 Å². The van der Waals surface area contributed by atoms with Crippen LogP contribution in [0.15, 0.2) is 42.5 Å². The third-order valence-electron chi connectivity index (χ3n) is 2.04. The van der Waals surface area contributed by atoms with Crippen LogP contribution in [-0.4, -0.2) is 0 Å². The molecule has 0 N–H and O–H groups in total. The van der Waals surface area contributed by atoms with E-state index in [1.165, 1.54) is 6.07 Å². The van der Waals surface area contributed by atoms with Gasteiger partial charge in [-0.3, -0.25) is 0 Å². The van der Waals surface area contributed by atoms with Gasteiger partial charge in [0.1, 0.15) is 5.75 Å². The lowest BCUT2D eigenvalue weighted by Crippen LogP contribution is -1.88. The van der Waals surface area contributed by atoms with Gasteiger partial charge in [0.15, 0.2) is 11.6 Å². The van der Waals surface area contributed by atoms with Crippen molar-refractivity contribution in [1.29, 1.82) is 0 Å². The fraction of sp³-hybridized carbons (Fsp3) is 0. The molecule has 0 saturated carbocycles. The van der Waals surface area contributed by atoms with E-state index in [0.717, 1.165) is 0 Å². The summed E-state index contributed by atoms with van der Waals surface area (Å²) in [6, 6.07) is 11.2. The van der Waals surface area contributed by atoms with Gasteiger partial charge in [0.2, 0.25) is 0 Å². The second-order valence-electron chi connectivity index (χ2n) is 3.32. The van der Waals surface area contributed by atoms with Crippen molar-refractivity contribution in [3.63, 3.8) is 0 Å². The van der Waals surface area contributed by atoms with Crippen molar-refractivity contribution in [2.24, 2.45) is 0 Å². The second kappa shape index (κ2) is 4.54. The summed E-state index contributed by atoms with van der Waals surface area (Å²) >= 11 is 5.73. The molecule has 0 amide bonds. The average molecular weight is 236 g/mol. The molecule has 3 heteroatoms. The van der Waals surface area contributed by atoms with Crippen LogP contribution in [0.4, 0.5) is 4.39 Å². The Balaban J connectivity index is 2.26. The zero-order valence-electron chi connectivity index (χ0n) is 8.41. The molecule has 16 heavy (non-hydrogen) atoms. The molecule has 0 fully saturated rings. The van der Waals surface area contributed by atoms with Crippen molar-refractivity contribution in [3.05, 3.63) is 65.8 Å². The fourth-order valence-corrected chi connectivity index (χ4v) is 1.38. The molecule has 0 aromatic heterocycles. The first-order valence-electron chi connectivity index (χ1n) is 4.70. The highest BCUT2D eigenvalue weighted by molar-refractivity contribution is 6.30. The standard InChI is InChI=1S/C13H9ClFO/c1-9-2-7-12(15)13(8-9)16-11-5-3-10(14)4-6-11/h2-8H,1H2. The smallest absolute Gasteiger partial charge is 0.165 e. The molecule has 1 nitrogen and oxygen atoms in total. The molecular weight excluding hydrogens is 227 g/mol. The van der Waals surface area contributed by atoms with Crippen LogP contribution in [0.5, 0.6) is 11.5 Å². The van der Waals surface area contributed by atoms with Crippen LogP contribution in [0.25, 0.3) is 0 Å². The minimum absolute atomic E-state index is 0.162. The topological polar surface area (TPSA) is 9.23 Å². The van der Waals surface area contributed by atoms with Crippen molar-refractivity contribution in [3.8, 4) is 11.5 Å². The molecule has 0 aliphatic carbocycles. The van der Waals surface area contributed by atoms with Crippen LogP contribution in [0.3, 0.4) is 0 Å². The molecular formula is C13H9ClFO. The van der Waals surface area contributed by atoms with E-state index in [2.05, 4.69) is 6.92 Å². The average Bonchev–Trinajstić information content (AvgIpc) is 2.27. The van der Waals surface area contributed by atoms with Crippen LogP contribution < -0.4 is 4.74 Å². The molecule has 2 rings (SSSR count). The summed E-state index contributed by atoms with van der Waals surface area (Å²) in [4.78, 5) is 0. The molecule has 81 valence electrons. The predicted octanol–water partition coefficient (Wildman–Crippen LogP) is 4.45. The molecule has 0 unspecified atom stereocenters. The van der Waals surface area contributed by atoms with Crippen molar-refractivity contribution in [1.82, 2.24) is 0 Å². The van der Waals surface area contributed by atoms with Gasteiger partial charge in [-0.05, 0) is 48.9 Å². The summed E-state index contributed by atoms with van der Waals surface area (Å²) in [5.74, 6) is 0.283. The first kappa shape index (κ1) is 11.0. The second-order valence-corrected chi connectivity index (χ2v) is 3.76. The summed E-state index contributed by atoms with van der Waals surface area (Å²) < 4.78 is 18.7. The monoisotopic (exact) mass is 235 g/mol. The lowest BCUT2D eigenvalue weighted by Gasteiger charge is -2.07. The van der Waals surface area contributed by atoms with E-state index in [0.29, 0.717) is 16.3 Å². The maximum atomic E-state index is 13.4. The van der Waals surface area contributed by atoms with Crippen LogP contribution in [-0.2, 0) is 0 Å². The number of ether oxygens (including phenoxy) is 1. The lowest BCUT2D eigenvalue weighted by molar-refractivity contribution is 0.442. The Morgan fingerprint density at radius 2 is 1.75 bits per heavy atom. The summed E-state index contributed by atoms with van der Waals surface area (Å²) in [6.07, 6.45) is 0. The summed E-state index contributed by atoms with van der Waals surface area (Å²) in [7, 11) is 0. The number of halogens is 2. The predicted molar refractivity (Wildman–Crippen MR) is 62.4 cm³/mol. The van der Waals surface area contributed by atoms with Crippen LogP contribution in [0, 0.1) is 12.7 Å². The van der Waals surface area contributed by atoms with E-state index in [-0.39, 0.29) is 5.75 Å². The van der Waals surface area contributed by atoms with Gasteiger partial charge in [0.05, 0.1) is 0 Å². The molecule has 0 spiro atoms. The van der Waals surface area contributed by atoms with E-state index in [1.807, 2.05) is 0 Å². The first-order chi connectivity index (χ1) is 7.65. The summed E-state index contributed by atoms with van der Waals surface area (Å²) in [6.45, 7) is 3.71. The van der Waals surface area contributed by atoms with Crippen molar-refractivity contribution >= 4 is 11.6 Å². The Bertz CT molecular complexity index is 494. The number of rotatable bonds is 2. The van der Waals surface area contributed by atoms with Crippen LogP contribution in [0.2, 0.25) is 5.02 Å². The zero-order chi connectivity index (χ0) is 11.5. The van der Waals surface area contributed by atoms with Gasteiger partial charge < -0.3 is 4.74 Å². The maximum Gasteiger partial charge on any atom is 0.165 e. The highest BCUT2D eigenvalue weighted by atomic mass is 35.5. The highest BCUT2D eigenvalue weighted by Crippen LogP contribution is 2.26. The first-order valence-corrected chi connectivity index (χ1v) is 5.08. The molecule has 2 aromatic carbocycles. The lowest BCUT2D eigenvalue weighted by atomic mass is 10.2. The van der Waals surface area contributed by atoms with Crippen molar-refractivity contribution < 1.29 is 9.13 Å². The fourth-order valence-electron chi connectivity index (χ4n) is 1.26. The van der Waals surface area contributed by atoms with Gasteiger partial charge in [0, 0.05) is 5.02 Å². The van der Waals surface area contributed by atoms with Gasteiger partial charge in [0.25, 0.3) is 0 Å². The highest BCUT2D eigenvalue weighted by Gasteiger charge is 2.04. The third-order valence-corrected chi connectivity index (χ3v) is 2.29. The Kier molecular flexibility index (Phi) is 3.11. The Labute approximate surface area is 98.4 Å². The molecule has 0 atom stereocenters. The maximum absolute atomic E-state index is 13.4. The summed E-state index contributed by atoms with van der Waals surface area (Å²) in [5.41, 5.74) is 0.699. The van der Waals surface area contributed by atoms with Crippen molar-refractivity contribution in [2.75, 3.05) is 0 Å². The zero-order valence-corrected chi connectivity index (χ0v) is 9.17. The van der Waals surface area contributed by atoms with Gasteiger partial charge >= 0.3 is 0 Å². The van der Waals surface area contributed by atoms with Crippen LogP contribution >= 0.6 is 11.6 Å². The Morgan fingerprint density at radius 1 is 1.06 bits per heavy atom. The van der Waals surface area contributed by atoms with Gasteiger partial charge in [-0.15, -0.1) is 0 Å². The SMILES string of the molecule is [CH2]c1ccc(F)c(Oc2ccc(Cl)cc2)c1. The quantitative estimate of drug-likeness (QED) is 0.747. The van der Waals surface area contributed by atoms with E-state index in [1.54, 1.807) is 36.4 Å². The van der Waals surface area contributed by atoms with Gasteiger partial charge in [-0.1, -0.05) is 17.7 Å². The largest absolute Gasteiger partial charge is 0.454 e. The van der Waals surface area contributed by atoms with Crippen LogP contribution in [0.1, 0.15) is 5.56 Å². The molecule has 0 aliphatic heterocycles. The number of hydrogen-bond acceptors (Lipinski definition) is 1.